The second-order valence-electron chi connectivity index (χ2n) is 5.53. The first-order chi connectivity index (χ1) is 8.79. The molecule has 98 valence electrons. The fourth-order valence-corrected chi connectivity index (χ4v) is 3.56. The first-order valence-corrected chi connectivity index (χ1v) is 6.82. The van der Waals surface area contributed by atoms with Gasteiger partial charge in [-0.25, -0.2) is 0 Å². The summed E-state index contributed by atoms with van der Waals surface area (Å²) < 4.78 is 0. The highest BCUT2D eigenvalue weighted by atomic mass is 16.3. The van der Waals surface area contributed by atoms with Crippen LogP contribution in [-0.4, -0.2) is 40.7 Å². The molecule has 3 N–H and O–H groups in total. The molecular weight excluding hydrogens is 226 g/mol. The zero-order valence-corrected chi connectivity index (χ0v) is 10.6. The molecule has 1 aromatic rings. The molecule has 4 atom stereocenters. The molecule has 0 radical (unpaired) electrons. The molecule has 18 heavy (non-hydrogen) atoms. The summed E-state index contributed by atoms with van der Waals surface area (Å²) >= 11 is 0. The number of likely N-dealkylation sites (tertiary alicyclic amines) is 1. The number of aliphatic hydroxyl groups excluding tert-OH is 1. The normalized spacial score (nSPS) is 33.6. The number of fused-ring (bicyclic) bond motifs is 1. The van der Waals surface area contributed by atoms with Gasteiger partial charge in [0.1, 0.15) is 0 Å². The van der Waals surface area contributed by atoms with Crippen molar-refractivity contribution in [1.82, 2.24) is 9.88 Å². The lowest BCUT2D eigenvalue weighted by Crippen LogP contribution is -2.34. The Morgan fingerprint density at radius 1 is 1.39 bits per heavy atom. The van der Waals surface area contributed by atoms with Gasteiger partial charge in [0.2, 0.25) is 0 Å². The molecule has 4 nitrogen and oxygen atoms in total. The summed E-state index contributed by atoms with van der Waals surface area (Å²) in [5.41, 5.74) is 6.98. The highest BCUT2D eigenvalue weighted by molar-refractivity contribution is 5.11. The highest BCUT2D eigenvalue weighted by Gasteiger charge is 2.43. The maximum atomic E-state index is 9.97. The molecule has 3 rings (SSSR count). The van der Waals surface area contributed by atoms with Crippen LogP contribution in [0.4, 0.5) is 0 Å². The number of hydrogen-bond donors (Lipinski definition) is 2. The van der Waals surface area contributed by atoms with Gasteiger partial charge in [0.25, 0.3) is 0 Å². The Kier molecular flexibility index (Phi) is 3.33. The molecule has 0 aromatic carbocycles. The maximum Gasteiger partial charge on any atom is 0.0644 e. The molecule has 4 unspecified atom stereocenters. The summed E-state index contributed by atoms with van der Waals surface area (Å²) in [6.07, 6.45) is 3.84. The second-order valence-corrected chi connectivity index (χ2v) is 5.53. The molecule has 0 spiro atoms. The van der Waals surface area contributed by atoms with Gasteiger partial charge >= 0.3 is 0 Å². The SMILES string of the molecule is NCC(c1ccccn1)N1CC2CCC(O)C2C1. The zero-order valence-electron chi connectivity index (χ0n) is 10.6. The van der Waals surface area contributed by atoms with E-state index in [-0.39, 0.29) is 12.1 Å². The van der Waals surface area contributed by atoms with Gasteiger partial charge in [-0.15, -0.1) is 0 Å². The van der Waals surface area contributed by atoms with Crippen LogP contribution in [0.1, 0.15) is 24.6 Å². The Bertz CT molecular complexity index is 397. The van der Waals surface area contributed by atoms with E-state index in [1.165, 1.54) is 0 Å². The Hall–Kier alpha value is -0.970. The third-order valence-electron chi connectivity index (χ3n) is 4.54. The van der Waals surface area contributed by atoms with Crippen molar-refractivity contribution in [3.05, 3.63) is 30.1 Å². The standard InChI is InChI=1S/C14H21N3O/c15-7-13(12-3-1-2-6-16-12)17-8-10-4-5-14(18)11(10)9-17/h1-3,6,10-11,13-14,18H,4-5,7-9,15H2. The van der Waals surface area contributed by atoms with Crippen LogP contribution >= 0.6 is 0 Å². The fourth-order valence-electron chi connectivity index (χ4n) is 3.56. The van der Waals surface area contributed by atoms with Crippen LogP contribution in [0, 0.1) is 11.8 Å². The Morgan fingerprint density at radius 3 is 2.94 bits per heavy atom. The minimum absolute atomic E-state index is 0.109. The largest absolute Gasteiger partial charge is 0.393 e. The van der Waals surface area contributed by atoms with Crippen molar-refractivity contribution < 1.29 is 5.11 Å². The lowest BCUT2D eigenvalue weighted by atomic mass is 10.00. The van der Waals surface area contributed by atoms with Crippen LogP contribution in [-0.2, 0) is 0 Å². The van der Waals surface area contributed by atoms with Crippen LogP contribution in [0.5, 0.6) is 0 Å². The summed E-state index contributed by atoms with van der Waals surface area (Å²) in [4.78, 5) is 6.83. The molecule has 1 aliphatic heterocycles. The molecule has 1 saturated heterocycles. The van der Waals surface area contributed by atoms with Crippen molar-refractivity contribution in [2.24, 2.45) is 17.6 Å². The number of nitrogens with two attached hydrogens (primary N) is 1. The third-order valence-corrected chi connectivity index (χ3v) is 4.54. The van der Waals surface area contributed by atoms with Crippen LogP contribution in [0.3, 0.4) is 0 Å². The van der Waals surface area contributed by atoms with Crippen molar-refractivity contribution in [3.8, 4) is 0 Å². The summed E-state index contributed by atoms with van der Waals surface area (Å²) in [6.45, 7) is 2.61. The first-order valence-electron chi connectivity index (χ1n) is 6.82. The number of pyridine rings is 1. The Balaban J connectivity index is 1.75. The second kappa shape index (κ2) is 4.96. The quantitative estimate of drug-likeness (QED) is 0.829. The van der Waals surface area contributed by atoms with E-state index < -0.39 is 0 Å². The number of aliphatic hydroxyl groups is 1. The summed E-state index contributed by atoms with van der Waals surface area (Å²) in [6, 6.07) is 6.18. The molecule has 2 aliphatic rings. The topological polar surface area (TPSA) is 62.4 Å². The van der Waals surface area contributed by atoms with E-state index in [0.29, 0.717) is 18.4 Å². The Labute approximate surface area is 108 Å². The average molecular weight is 247 g/mol. The molecule has 1 aromatic heterocycles. The number of hydrogen-bond acceptors (Lipinski definition) is 4. The molecule has 1 aliphatic carbocycles. The summed E-state index contributed by atoms with van der Waals surface area (Å²) in [5, 5.41) is 9.97. The van der Waals surface area contributed by atoms with E-state index in [0.717, 1.165) is 31.6 Å². The van der Waals surface area contributed by atoms with Gasteiger partial charge in [-0.05, 0) is 30.9 Å². The van der Waals surface area contributed by atoms with E-state index >= 15 is 0 Å². The van der Waals surface area contributed by atoms with E-state index in [9.17, 15) is 5.11 Å². The monoisotopic (exact) mass is 247 g/mol. The van der Waals surface area contributed by atoms with Crippen molar-refractivity contribution in [2.45, 2.75) is 25.0 Å². The molecule has 2 heterocycles. The summed E-state index contributed by atoms with van der Waals surface area (Å²) in [5.74, 6) is 1.10. The van der Waals surface area contributed by atoms with Crippen LogP contribution < -0.4 is 5.73 Å². The van der Waals surface area contributed by atoms with Crippen molar-refractivity contribution >= 4 is 0 Å². The van der Waals surface area contributed by atoms with Gasteiger partial charge in [-0.2, -0.15) is 0 Å². The molecular formula is C14H21N3O. The maximum absolute atomic E-state index is 9.97. The lowest BCUT2D eigenvalue weighted by Gasteiger charge is -2.27. The molecule has 0 amide bonds. The van der Waals surface area contributed by atoms with Crippen molar-refractivity contribution in [1.29, 1.82) is 0 Å². The number of nitrogens with zero attached hydrogens (tertiary/aromatic N) is 2. The van der Waals surface area contributed by atoms with Crippen LogP contribution in [0.15, 0.2) is 24.4 Å². The van der Waals surface area contributed by atoms with Crippen molar-refractivity contribution in [3.63, 3.8) is 0 Å². The van der Waals surface area contributed by atoms with E-state index in [1.807, 2.05) is 24.4 Å². The molecule has 1 saturated carbocycles. The minimum atomic E-state index is -0.109. The van der Waals surface area contributed by atoms with Gasteiger partial charge in [-0.3, -0.25) is 9.88 Å². The van der Waals surface area contributed by atoms with Crippen LogP contribution in [0.25, 0.3) is 0 Å². The van der Waals surface area contributed by atoms with E-state index in [2.05, 4.69) is 9.88 Å². The van der Waals surface area contributed by atoms with Gasteiger partial charge in [0, 0.05) is 31.7 Å². The molecule has 2 fully saturated rings. The summed E-state index contributed by atoms with van der Waals surface area (Å²) in [7, 11) is 0. The van der Waals surface area contributed by atoms with Crippen LogP contribution in [0.2, 0.25) is 0 Å². The minimum Gasteiger partial charge on any atom is -0.393 e. The zero-order chi connectivity index (χ0) is 12.5. The van der Waals surface area contributed by atoms with E-state index in [4.69, 9.17) is 5.73 Å². The third kappa shape index (κ3) is 2.05. The molecule has 4 heteroatoms. The van der Waals surface area contributed by atoms with Gasteiger partial charge in [-0.1, -0.05) is 6.07 Å². The van der Waals surface area contributed by atoms with E-state index in [1.54, 1.807) is 0 Å². The highest BCUT2D eigenvalue weighted by Crippen LogP contribution is 2.40. The fraction of sp³-hybridized carbons (Fsp3) is 0.643. The first kappa shape index (κ1) is 12.1. The number of rotatable bonds is 3. The molecule has 0 bridgehead atoms. The predicted molar refractivity (Wildman–Crippen MR) is 69.8 cm³/mol. The van der Waals surface area contributed by atoms with Gasteiger partial charge in [0.15, 0.2) is 0 Å². The lowest BCUT2D eigenvalue weighted by molar-refractivity contribution is 0.118. The van der Waals surface area contributed by atoms with Crippen molar-refractivity contribution in [2.75, 3.05) is 19.6 Å². The number of aromatic nitrogens is 1. The average Bonchev–Trinajstić information content (AvgIpc) is 2.95. The smallest absolute Gasteiger partial charge is 0.0644 e. The Morgan fingerprint density at radius 2 is 2.28 bits per heavy atom. The van der Waals surface area contributed by atoms with Gasteiger partial charge < -0.3 is 10.8 Å². The van der Waals surface area contributed by atoms with Gasteiger partial charge in [0.05, 0.1) is 17.8 Å². The predicted octanol–water partition coefficient (Wildman–Crippen LogP) is 0.784.